The fraction of sp³-hybridized carbons (Fsp3) is 0.564. The van der Waals surface area contributed by atoms with Crippen LogP contribution in [0.25, 0.3) is 11.1 Å². The second-order valence-corrected chi connectivity index (χ2v) is 13.4. The average molecular weight is 805 g/mol. The molecule has 1 aliphatic heterocycles. The maximum atomic E-state index is 12.8. The van der Waals surface area contributed by atoms with Crippen molar-refractivity contribution in [1.29, 1.82) is 0 Å². The Labute approximate surface area is 334 Å². The van der Waals surface area contributed by atoms with Crippen LogP contribution >= 0.6 is 0 Å². The number of rotatable bonds is 25. The summed E-state index contributed by atoms with van der Waals surface area (Å²) in [6.07, 6.45) is -3.24. The first-order chi connectivity index (χ1) is 27.4. The smallest absolute Gasteiger partial charge is 0.258 e. The van der Waals surface area contributed by atoms with E-state index in [1.807, 2.05) is 18.2 Å². The Balaban J connectivity index is 0.0000116. The maximum absolute atomic E-state index is 12.8. The molecule has 0 unspecified atom stereocenters. The Kier molecular flexibility index (Phi) is 21.1. The van der Waals surface area contributed by atoms with E-state index in [-0.39, 0.29) is 84.5 Å². The molecule has 18 heteroatoms. The largest absolute Gasteiger partial charge is 0.484 e. The number of carbonyl (C=O) groups is 5. The van der Waals surface area contributed by atoms with Gasteiger partial charge in [-0.15, -0.1) is 0 Å². The lowest BCUT2D eigenvalue weighted by atomic mass is 10.0. The van der Waals surface area contributed by atoms with Crippen LogP contribution in [0, 0.1) is 0 Å². The van der Waals surface area contributed by atoms with Crippen molar-refractivity contribution in [2.75, 3.05) is 59.7 Å². The zero-order valence-electron chi connectivity index (χ0n) is 32.6. The number of aliphatic hydroxyl groups excluding tert-OH is 3. The van der Waals surface area contributed by atoms with Gasteiger partial charge < -0.3 is 61.3 Å². The van der Waals surface area contributed by atoms with Crippen LogP contribution in [0.3, 0.4) is 0 Å². The molecule has 0 spiro atoms. The summed E-state index contributed by atoms with van der Waals surface area (Å²) in [4.78, 5) is 61.6. The summed E-state index contributed by atoms with van der Waals surface area (Å²) in [5, 5.41) is 43.0. The van der Waals surface area contributed by atoms with Crippen molar-refractivity contribution in [2.45, 2.75) is 82.2 Å². The van der Waals surface area contributed by atoms with Crippen LogP contribution in [0.2, 0.25) is 0 Å². The van der Waals surface area contributed by atoms with Crippen molar-refractivity contribution in [3.05, 3.63) is 54.1 Å². The molecular formula is C39H60N6O12. The third-order valence-corrected chi connectivity index (χ3v) is 8.98. The quantitative estimate of drug-likeness (QED) is 0.0564. The van der Waals surface area contributed by atoms with Crippen LogP contribution in [0.4, 0.5) is 0 Å². The van der Waals surface area contributed by atoms with E-state index < -0.39 is 48.6 Å². The highest BCUT2D eigenvalue weighted by Gasteiger charge is 2.42. The summed E-state index contributed by atoms with van der Waals surface area (Å²) < 4.78 is 21.7. The van der Waals surface area contributed by atoms with Crippen LogP contribution in [-0.4, -0.2) is 141 Å². The van der Waals surface area contributed by atoms with Crippen molar-refractivity contribution < 1.29 is 59.7 Å². The van der Waals surface area contributed by atoms with E-state index in [0.717, 1.165) is 24.0 Å². The monoisotopic (exact) mass is 804 g/mol. The molecule has 0 bridgehead atoms. The minimum Gasteiger partial charge on any atom is -0.484 e. The molecule has 1 saturated heterocycles. The number of carbonyl (C=O) groups excluding carboxylic acids is 5. The molecule has 6 atom stereocenters. The molecule has 1 heterocycles. The van der Waals surface area contributed by atoms with Gasteiger partial charge in [0.25, 0.3) is 11.8 Å². The summed E-state index contributed by atoms with van der Waals surface area (Å²) in [6, 6.07) is 13.6. The molecule has 1 aliphatic rings. The molecule has 2 aromatic carbocycles. The first-order valence-corrected chi connectivity index (χ1v) is 19.2. The second-order valence-electron chi connectivity index (χ2n) is 13.4. The summed E-state index contributed by atoms with van der Waals surface area (Å²) >= 11 is 0. The Morgan fingerprint density at radius 3 is 2.26 bits per heavy atom. The van der Waals surface area contributed by atoms with Crippen LogP contribution in [-0.2, 0) is 33.4 Å². The third-order valence-electron chi connectivity index (χ3n) is 8.98. The normalized spacial score (nSPS) is 19.6. The summed E-state index contributed by atoms with van der Waals surface area (Å²) in [5.74, 6) is -1.30. The minimum absolute atomic E-state index is 0. The van der Waals surface area contributed by atoms with E-state index >= 15 is 0 Å². The number of ether oxygens (including phenoxy) is 4. The highest BCUT2D eigenvalue weighted by atomic mass is 16.7. The van der Waals surface area contributed by atoms with E-state index in [4.69, 9.17) is 24.7 Å². The number of aliphatic hydroxyl groups is 3. The number of imide groups is 1. The molecule has 0 radical (unpaired) electrons. The van der Waals surface area contributed by atoms with Crippen LogP contribution < -0.4 is 37.1 Å². The molecular weight excluding hydrogens is 744 g/mol. The molecule has 10 N–H and O–H groups in total. The first kappa shape index (κ1) is 46.8. The fourth-order valence-electron chi connectivity index (χ4n) is 5.69. The molecule has 18 nitrogen and oxygen atoms in total. The van der Waals surface area contributed by atoms with E-state index in [0.29, 0.717) is 24.3 Å². The topological polar surface area (TPSA) is 269 Å². The lowest BCUT2D eigenvalue weighted by Crippen LogP contribution is -2.57. The standard InChI is InChI=1S/C39H58N6O12.H2/c1-25-34(49)35(50)36(51)39(57-25)55-22-21-54-20-19-43-33(48)24-56-29-14-12-26(13-15-29)27-7-5-8-28(23-27)37(52)44-18-17-42-31(46)10-6-11-32(47)45-38(53)30(41-2)9-3-4-16-40;/h5,7-8,12-15,23,25,30,34-36,39,41,49-51H,3-4,6,9-11,16-22,24,40H2,1-2H3,(H,42,46)(H,43,48)(H,44,52)(H,45,47,53);1H/t25-,30-,34-,35+,36+,39+;/m0./s1. The van der Waals surface area contributed by atoms with Crippen LogP contribution in [0.15, 0.2) is 48.5 Å². The molecule has 57 heavy (non-hydrogen) atoms. The zero-order chi connectivity index (χ0) is 41.6. The third kappa shape index (κ3) is 16.8. The summed E-state index contributed by atoms with van der Waals surface area (Å²) in [6.45, 7) is 2.93. The van der Waals surface area contributed by atoms with Gasteiger partial charge in [-0.2, -0.15) is 0 Å². The molecule has 0 aromatic heterocycles. The van der Waals surface area contributed by atoms with Gasteiger partial charge in [-0.3, -0.25) is 29.3 Å². The average Bonchev–Trinajstić information content (AvgIpc) is 3.21. The molecule has 0 aliphatic carbocycles. The van der Waals surface area contributed by atoms with Gasteiger partial charge in [0.2, 0.25) is 17.7 Å². The Morgan fingerprint density at radius 1 is 0.807 bits per heavy atom. The second kappa shape index (κ2) is 25.7. The summed E-state index contributed by atoms with van der Waals surface area (Å²) in [7, 11) is 1.65. The van der Waals surface area contributed by atoms with Crippen LogP contribution in [0.1, 0.15) is 57.2 Å². The van der Waals surface area contributed by atoms with Gasteiger partial charge >= 0.3 is 0 Å². The Bertz CT molecular complexity index is 1570. The van der Waals surface area contributed by atoms with Crippen molar-refractivity contribution in [1.82, 2.24) is 26.6 Å². The van der Waals surface area contributed by atoms with Gasteiger partial charge in [0, 0.05) is 39.5 Å². The van der Waals surface area contributed by atoms with Gasteiger partial charge in [-0.1, -0.05) is 30.7 Å². The number of benzene rings is 2. The fourth-order valence-corrected chi connectivity index (χ4v) is 5.69. The van der Waals surface area contributed by atoms with E-state index in [2.05, 4.69) is 26.6 Å². The number of hydrogen-bond donors (Lipinski definition) is 9. The maximum Gasteiger partial charge on any atom is 0.258 e. The van der Waals surface area contributed by atoms with Crippen molar-refractivity contribution in [2.24, 2.45) is 5.73 Å². The lowest BCUT2D eigenvalue weighted by Gasteiger charge is -2.38. The number of amides is 5. The highest BCUT2D eigenvalue weighted by molar-refractivity contribution is 5.98. The van der Waals surface area contributed by atoms with E-state index in [1.54, 1.807) is 44.3 Å². The predicted molar refractivity (Wildman–Crippen MR) is 210 cm³/mol. The number of likely N-dealkylation sites (N-methyl/N-ethyl adjacent to an activating group) is 1. The molecule has 5 amide bonds. The molecule has 3 rings (SSSR count). The van der Waals surface area contributed by atoms with Crippen LogP contribution in [0.5, 0.6) is 5.75 Å². The molecule has 0 saturated carbocycles. The molecule has 2 aromatic rings. The summed E-state index contributed by atoms with van der Waals surface area (Å²) in [5.41, 5.74) is 7.53. The van der Waals surface area contributed by atoms with Gasteiger partial charge in [0.1, 0.15) is 24.1 Å². The van der Waals surface area contributed by atoms with Gasteiger partial charge in [-0.05, 0) is 75.2 Å². The predicted octanol–water partition coefficient (Wildman–Crippen LogP) is -0.669. The van der Waals surface area contributed by atoms with Gasteiger partial charge in [0.15, 0.2) is 12.9 Å². The van der Waals surface area contributed by atoms with Crippen molar-refractivity contribution in [3.63, 3.8) is 0 Å². The Morgan fingerprint density at radius 2 is 1.53 bits per heavy atom. The van der Waals surface area contributed by atoms with E-state index in [9.17, 15) is 39.3 Å². The number of hydrogen-bond acceptors (Lipinski definition) is 14. The molecule has 1 fully saturated rings. The number of unbranched alkanes of at least 4 members (excludes halogenated alkanes) is 1. The van der Waals surface area contributed by atoms with Crippen molar-refractivity contribution in [3.8, 4) is 16.9 Å². The van der Waals surface area contributed by atoms with E-state index in [1.165, 1.54) is 0 Å². The SMILES string of the molecule is CN[C@@H](CCCCN)C(=O)NC(=O)CCCC(=O)NCCNC(=O)c1cccc(-c2ccc(OCC(=O)NCCOCCO[C@@H]3O[C@@H](C)[C@H](O)[C@@H](O)[C@H]3O)cc2)c1.[HH]. The highest BCUT2D eigenvalue weighted by Crippen LogP contribution is 2.24. The van der Waals surface area contributed by atoms with Gasteiger partial charge in [0.05, 0.1) is 32.0 Å². The lowest BCUT2D eigenvalue weighted by molar-refractivity contribution is -0.294. The first-order valence-electron chi connectivity index (χ1n) is 19.2. The minimum atomic E-state index is -1.39. The zero-order valence-corrected chi connectivity index (χ0v) is 32.6. The van der Waals surface area contributed by atoms with Crippen molar-refractivity contribution >= 4 is 29.5 Å². The number of nitrogens with two attached hydrogens (primary N) is 1. The van der Waals surface area contributed by atoms with Gasteiger partial charge in [-0.25, -0.2) is 0 Å². The molecule has 318 valence electrons. The number of nitrogens with one attached hydrogen (secondary N) is 5. The Hall–Kier alpha value is -4.53.